The van der Waals surface area contributed by atoms with E-state index in [4.69, 9.17) is 10.2 Å². The third kappa shape index (κ3) is 3.90. The first kappa shape index (κ1) is 11.4. The molecule has 0 aromatic carbocycles. The molecule has 0 unspecified atom stereocenters. The zero-order chi connectivity index (χ0) is 11.1. The van der Waals surface area contributed by atoms with E-state index in [2.05, 4.69) is 15.3 Å². The van der Waals surface area contributed by atoms with Crippen LogP contribution in [0.4, 0.5) is 5.82 Å². The van der Waals surface area contributed by atoms with E-state index >= 15 is 0 Å². The molecule has 0 bridgehead atoms. The number of aromatic carboxylic acids is 1. The van der Waals surface area contributed by atoms with Crippen LogP contribution in [0.25, 0.3) is 0 Å². The minimum atomic E-state index is -1.10. The van der Waals surface area contributed by atoms with Crippen LogP contribution in [0.3, 0.4) is 0 Å². The van der Waals surface area contributed by atoms with Gasteiger partial charge in [0.2, 0.25) is 0 Å². The summed E-state index contributed by atoms with van der Waals surface area (Å²) in [5.41, 5.74) is -0.0813. The summed E-state index contributed by atoms with van der Waals surface area (Å²) < 4.78 is 0. The number of hydrogen-bond acceptors (Lipinski definition) is 5. The summed E-state index contributed by atoms with van der Waals surface area (Å²) >= 11 is 0. The van der Waals surface area contributed by atoms with E-state index in [0.29, 0.717) is 18.8 Å². The van der Waals surface area contributed by atoms with Crippen molar-refractivity contribution in [1.82, 2.24) is 9.97 Å². The Hall–Kier alpha value is -1.69. The number of carboxylic acids is 1. The molecule has 0 aliphatic carbocycles. The number of aliphatic hydroxyl groups is 1. The molecule has 0 aliphatic heterocycles. The van der Waals surface area contributed by atoms with E-state index in [9.17, 15) is 4.79 Å². The van der Waals surface area contributed by atoms with E-state index in [1.807, 2.05) is 0 Å². The van der Waals surface area contributed by atoms with Gasteiger partial charge in [0.05, 0.1) is 12.4 Å². The first-order chi connectivity index (χ1) is 7.24. The molecule has 1 aromatic heterocycles. The van der Waals surface area contributed by atoms with Gasteiger partial charge < -0.3 is 15.5 Å². The smallest absolute Gasteiger partial charge is 0.356 e. The fourth-order valence-corrected chi connectivity index (χ4v) is 1.01. The lowest BCUT2D eigenvalue weighted by atomic mass is 10.3. The normalized spacial score (nSPS) is 9.93. The van der Waals surface area contributed by atoms with Gasteiger partial charge >= 0.3 is 5.97 Å². The molecule has 1 rings (SSSR count). The summed E-state index contributed by atoms with van der Waals surface area (Å²) in [5, 5.41) is 20.1. The molecule has 15 heavy (non-hydrogen) atoms. The van der Waals surface area contributed by atoms with E-state index in [1.165, 1.54) is 12.4 Å². The number of aromatic nitrogens is 2. The van der Waals surface area contributed by atoms with E-state index in [-0.39, 0.29) is 12.3 Å². The number of rotatable bonds is 6. The average Bonchev–Trinajstić information content (AvgIpc) is 2.25. The molecule has 0 radical (unpaired) electrons. The fourth-order valence-electron chi connectivity index (χ4n) is 1.01. The van der Waals surface area contributed by atoms with Crippen molar-refractivity contribution in [3.8, 4) is 0 Å². The molecule has 1 heterocycles. The Morgan fingerprint density at radius 3 is 2.87 bits per heavy atom. The van der Waals surface area contributed by atoms with Crippen LogP contribution in [-0.2, 0) is 0 Å². The van der Waals surface area contributed by atoms with Crippen LogP contribution < -0.4 is 5.32 Å². The summed E-state index contributed by atoms with van der Waals surface area (Å²) in [6.45, 7) is 0.792. The SMILES string of the molecule is O=C(O)c1cncc(NCCCCO)n1. The number of nitrogens with zero attached hydrogens (tertiary/aromatic N) is 2. The first-order valence-electron chi connectivity index (χ1n) is 4.64. The molecule has 6 heteroatoms. The highest BCUT2D eigenvalue weighted by Crippen LogP contribution is 2.02. The summed E-state index contributed by atoms with van der Waals surface area (Å²) in [6.07, 6.45) is 4.17. The Morgan fingerprint density at radius 1 is 1.40 bits per heavy atom. The number of aliphatic hydroxyl groups excluding tert-OH is 1. The number of unbranched alkanes of at least 4 members (excludes halogenated alkanes) is 1. The minimum Gasteiger partial charge on any atom is -0.476 e. The van der Waals surface area contributed by atoms with Crippen molar-refractivity contribution < 1.29 is 15.0 Å². The second kappa shape index (κ2) is 5.92. The van der Waals surface area contributed by atoms with Gasteiger partial charge in [-0.05, 0) is 12.8 Å². The summed E-state index contributed by atoms with van der Waals surface area (Å²) in [6, 6.07) is 0. The topological polar surface area (TPSA) is 95.3 Å². The highest BCUT2D eigenvalue weighted by molar-refractivity contribution is 5.85. The van der Waals surface area contributed by atoms with Gasteiger partial charge in [-0.3, -0.25) is 4.98 Å². The molecule has 0 amide bonds. The number of nitrogens with one attached hydrogen (secondary N) is 1. The summed E-state index contributed by atoms with van der Waals surface area (Å²) in [7, 11) is 0. The number of anilines is 1. The lowest BCUT2D eigenvalue weighted by Gasteiger charge is -2.04. The van der Waals surface area contributed by atoms with Gasteiger partial charge in [-0.25, -0.2) is 9.78 Å². The minimum absolute atomic E-state index is 0.0813. The van der Waals surface area contributed by atoms with Gasteiger partial charge in [0.25, 0.3) is 0 Å². The average molecular weight is 211 g/mol. The van der Waals surface area contributed by atoms with Gasteiger partial charge in [0.15, 0.2) is 5.69 Å². The van der Waals surface area contributed by atoms with Gasteiger partial charge in [-0.2, -0.15) is 0 Å². The Bertz CT molecular complexity index is 330. The second-order valence-corrected chi connectivity index (χ2v) is 2.95. The molecule has 82 valence electrons. The molecule has 3 N–H and O–H groups in total. The maximum absolute atomic E-state index is 10.6. The van der Waals surface area contributed by atoms with E-state index in [1.54, 1.807) is 0 Å². The third-order valence-corrected chi connectivity index (χ3v) is 1.74. The molecule has 6 nitrogen and oxygen atoms in total. The van der Waals surface area contributed by atoms with Crippen LogP contribution in [0.2, 0.25) is 0 Å². The molecule has 0 atom stereocenters. The van der Waals surface area contributed by atoms with Crippen LogP contribution in [0, 0.1) is 0 Å². The predicted octanol–water partition coefficient (Wildman–Crippen LogP) is 0.359. The summed E-state index contributed by atoms with van der Waals surface area (Å²) in [4.78, 5) is 18.1. The number of carbonyl (C=O) groups is 1. The standard InChI is InChI=1S/C9H13N3O3/c13-4-2-1-3-11-8-6-10-5-7(12-8)9(14)15/h5-6,13H,1-4H2,(H,11,12)(H,14,15). The quantitative estimate of drug-likeness (QED) is 0.588. The maximum atomic E-state index is 10.6. The molecule has 0 saturated heterocycles. The largest absolute Gasteiger partial charge is 0.476 e. The number of hydrogen-bond donors (Lipinski definition) is 3. The van der Waals surface area contributed by atoms with Crippen molar-refractivity contribution in [2.24, 2.45) is 0 Å². The van der Waals surface area contributed by atoms with Crippen molar-refractivity contribution in [2.45, 2.75) is 12.8 Å². The van der Waals surface area contributed by atoms with Crippen LogP contribution in [0.5, 0.6) is 0 Å². The van der Waals surface area contributed by atoms with Crippen molar-refractivity contribution >= 4 is 11.8 Å². The molecule has 0 spiro atoms. The van der Waals surface area contributed by atoms with Gasteiger partial charge in [0, 0.05) is 13.2 Å². The Kier molecular flexibility index (Phi) is 4.49. The lowest BCUT2D eigenvalue weighted by Crippen LogP contribution is -2.08. The molecule has 0 saturated carbocycles. The molecule has 1 aromatic rings. The molecular formula is C9H13N3O3. The van der Waals surface area contributed by atoms with Crippen LogP contribution in [0.1, 0.15) is 23.3 Å². The highest BCUT2D eigenvalue weighted by Gasteiger charge is 2.05. The van der Waals surface area contributed by atoms with Crippen molar-refractivity contribution in [1.29, 1.82) is 0 Å². The van der Waals surface area contributed by atoms with Crippen LogP contribution >= 0.6 is 0 Å². The second-order valence-electron chi connectivity index (χ2n) is 2.95. The molecule has 0 fully saturated rings. The van der Waals surface area contributed by atoms with Gasteiger partial charge in [-0.1, -0.05) is 0 Å². The third-order valence-electron chi connectivity index (χ3n) is 1.74. The Labute approximate surface area is 87.0 Å². The number of carboxylic acid groups (broad SMARTS) is 1. The monoisotopic (exact) mass is 211 g/mol. The van der Waals surface area contributed by atoms with Crippen molar-refractivity contribution in [3.05, 3.63) is 18.1 Å². The van der Waals surface area contributed by atoms with E-state index in [0.717, 1.165) is 6.42 Å². The maximum Gasteiger partial charge on any atom is 0.356 e. The van der Waals surface area contributed by atoms with Crippen LogP contribution in [-0.4, -0.2) is 39.3 Å². The van der Waals surface area contributed by atoms with Crippen LogP contribution in [0.15, 0.2) is 12.4 Å². The predicted molar refractivity (Wildman–Crippen MR) is 53.8 cm³/mol. The zero-order valence-electron chi connectivity index (χ0n) is 8.18. The summed E-state index contributed by atoms with van der Waals surface area (Å²) in [5.74, 6) is -0.658. The van der Waals surface area contributed by atoms with Crippen molar-refractivity contribution in [2.75, 3.05) is 18.5 Å². The highest BCUT2D eigenvalue weighted by atomic mass is 16.4. The zero-order valence-corrected chi connectivity index (χ0v) is 8.18. The van der Waals surface area contributed by atoms with Gasteiger partial charge in [0.1, 0.15) is 5.82 Å². The van der Waals surface area contributed by atoms with Crippen molar-refractivity contribution in [3.63, 3.8) is 0 Å². The Morgan fingerprint density at radius 2 is 2.20 bits per heavy atom. The lowest BCUT2D eigenvalue weighted by molar-refractivity contribution is 0.0690. The fraction of sp³-hybridized carbons (Fsp3) is 0.444. The van der Waals surface area contributed by atoms with E-state index < -0.39 is 5.97 Å². The molecule has 0 aliphatic rings. The molecular weight excluding hydrogens is 198 g/mol. The van der Waals surface area contributed by atoms with Gasteiger partial charge in [-0.15, -0.1) is 0 Å². The first-order valence-corrected chi connectivity index (χ1v) is 4.64. The Balaban J connectivity index is 2.47.